The molecule has 1 aliphatic carbocycles. The summed E-state index contributed by atoms with van der Waals surface area (Å²) in [5.74, 6) is -0.503. The van der Waals surface area contributed by atoms with Crippen molar-refractivity contribution < 1.29 is 58.3 Å². The zero-order chi connectivity index (χ0) is 48.4. The molecule has 0 saturated heterocycles. The van der Waals surface area contributed by atoms with E-state index in [1.807, 2.05) is 0 Å². The molecular weight excluding hydrogens is 860 g/mol. The number of rotatable bonds is 41. The average Bonchev–Trinajstić information content (AvgIpc) is 3.30. The maximum atomic E-state index is 12.9. The summed E-state index contributed by atoms with van der Waals surface area (Å²) in [6.07, 6.45) is 46.1. The van der Waals surface area contributed by atoms with Crippen molar-refractivity contribution in [3.05, 3.63) is 97.2 Å². The van der Waals surface area contributed by atoms with Gasteiger partial charge in [-0.25, -0.2) is 4.57 Å². The molecule has 6 N–H and O–H groups in total. The average molecular weight is 949 g/mol. The lowest BCUT2D eigenvalue weighted by atomic mass is 9.85. The van der Waals surface area contributed by atoms with Crippen LogP contribution in [0.5, 0.6) is 0 Å². The van der Waals surface area contributed by atoms with Crippen molar-refractivity contribution in [3.63, 3.8) is 0 Å². The molecule has 0 aliphatic heterocycles. The molecule has 1 rings (SSSR count). The van der Waals surface area contributed by atoms with E-state index < -0.39 is 63.1 Å². The van der Waals surface area contributed by atoms with Gasteiger partial charge in [-0.15, -0.1) is 0 Å². The van der Waals surface area contributed by atoms with Gasteiger partial charge in [0.1, 0.15) is 42.7 Å². The van der Waals surface area contributed by atoms with Crippen LogP contribution in [0.2, 0.25) is 0 Å². The SMILES string of the molecule is CC/C=C\C/C=C\C/C=C\C/C=C\C/C=C\CCCCCCCC(=O)OC(COCCCCCCCCCC/C=C\C/C=C\C/C=C\CC)COP(=O)(O)OC1C(O)C(O)C(O)C(O)C1O. The molecule has 378 valence electrons. The van der Waals surface area contributed by atoms with Gasteiger partial charge in [0, 0.05) is 13.0 Å². The number of phosphoric acid groups is 1. The summed E-state index contributed by atoms with van der Waals surface area (Å²) in [7, 11) is -5.04. The number of aliphatic hydroxyl groups is 5. The van der Waals surface area contributed by atoms with Crippen LogP contribution in [0.4, 0.5) is 0 Å². The molecule has 0 radical (unpaired) electrons. The summed E-state index contributed by atoms with van der Waals surface area (Å²) in [6.45, 7) is 3.99. The van der Waals surface area contributed by atoms with Crippen molar-refractivity contribution in [2.75, 3.05) is 19.8 Å². The monoisotopic (exact) mass is 949 g/mol. The van der Waals surface area contributed by atoms with E-state index in [4.69, 9.17) is 18.5 Å². The maximum Gasteiger partial charge on any atom is 0.472 e. The third kappa shape index (κ3) is 33.7. The number of esters is 1. The Hall–Kier alpha value is -2.74. The number of unbranched alkanes of at least 4 members (excludes halogenated alkanes) is 13. The number of hydrogen-bond donors (Lipinski definition) is 6. The topological polar surface area (TPSA) is 192 Å². The van der Waals surface area contributed by atoms with Crippen LogP contribution in [0.25, 0.3) is 0 Å². The highest BCUT2D eigenvalue weighted by atomic mass is 31.2. The number of carbonyl (C=O) groups is 1. The quantitative estimate of drug-likeness (QED) is 0.0147. The van der Waals surface area contributed by atoms with Gasteiger partial charge in [0.15, 0.2) is 0 Å². The standard InChI is InChI=1S/C53H89O12P/c1-3-5-7-9-11-13-15-17-19-21-23-24-25-26-28-30-32-34-36-38-40-42-47(54)64-46(45-63-66(60,61)65-53-51(58)49(56)48(55)50(57)52(53)59)44-62-43-41-39-37-35-33-31-29-27-22-20-18-16-14-12-10-8-6-4-2/h5-8,11-14,17-20,23-24,26,28,46,48-53,55-59H,3-4,9-10,15-16,21-22,25,27,29-45H2,1-2H3,(H,60,61)/b7-5-,8-6-,13-11-,14-12-,19-17-,20-18-,24-23-,28-26-. The van der Waals surface area contributed by atoms with Crippen LogP contribution in [0.15, 0.2) is 97.2 Å². The predicted molar refractivity (Wildman–Crippen MR) is 267 cm³/mol. The summed E-state index contributed by atoms with van der Waals surface area (Å²) in [4.78, 5) is 23.2. The Morgan fingerprint density at radius 3 is 1.29 bits per heavy atom. The number of ether oxygens (including phenoxy) is 2. The zero-order valence-corrected chi connectivity index (χ0v) is 41.3. The third-order valence-corrected chi connectivity index (χ3v) is 11.9. The molecule has 0 bridgehead atoms. The smallest absolute Gasteiger partial charge is 0.457 e. The lowest BCUT2D eigenvalue weighted by Gasteiger charge is -2.41. The van der Waals surface area contributed by atoms with E-state index in [9.17, 15) is 39.8 Å². The van der Waals surface area contributed by atoms with Crippen LogP contribution in [-0.2, 0) is 27.9 Å². The van der Waals surface area contributed by atoms with Gasteiger partial charge in [0.2, 0.25) is 0 Å². The number of carbonyl (C=O) groups excluding carboxylic acids is 1. The van der Waals surface area contributed by atoms with E-state index in [0.29, 0.717) is 13.0 Å². The molecule has 12 nitrogen and oxygen atoms in total. The fraction of sp³-hybridized carbons (Fsp3) is 0.679. The largest absolute Gasteiger partial charge is 0.472 e. The van der Waals surface area contributed by atoms with Gasteiger partial charge in [0.25, 0.3) is 0 Å². The van der Waals surface area contributed by atoms with E-state index >= 15 is 0 Å². The zero-order valence-electron chi connectivity index (χ0n) is 40.5. The lowest BCUT2D eigenvalue weighted by Crippen LogP contribution is -2.64. The Morgan fingerprint density at radius 1 is 0.485 bits per heavy atom. The maximum absolute atomic E-state index is 12.9. The third-order valence-electron chi connectivity index (χ3n) is 11.0. The number of aliphatic hydroxyl groups excluding tert-OH is 5. The molecule has 66 heavy (non-hydrogen) atoms. The second kappa shape index (κ2) is 42.4. The Balaban J connectivity index is 2.39. The van der Waals surface area contributed by atoms with Gasteiger partial charge in [-0.1, -0.05) is 169 Å². The van der Waals surface area contributed by atoms with Crippen LogP contribution >= 0.6 is 7.82 Å². The van der Waals surface area contributed by atoms with Crippen molar-refractivity contribution in [1.82, 2.24) is 0 Å². The molecule has 1 saturated carbocycles. The van der Waals surface area contributed by atoms with Gasteiger partial charge < -0.3 is 39.9 Å². The molecular formula is C53H89O12P. The second-order valence-electron chi connectivity index (χ2n) is 16.9. The minimum Gasteiger partial charge on any atom is -0.457 e. The van der Waals surface area contributed by atoms with Gasteiger partial charge in [0.05, 0.1) is 13.2 Å². The van der Waals surface area contributed by atoms with Crippen LogP contribution < -0.4 is 0 Å². The first-order valence-electron chi connectivity index (χ1n) is 25.1. The van der Waals surface area contributed by atoms with Gasteiger partial charge in [-0.2, -0.15) is 0 Å². The molecule has 0 aromatic heterocycles. The highest BCUT2D eigenvalue weighted by Gasteiger charge is 2.51. The molecule has 0 aromatic rings. The summed E-state index contributed by atoms with van der Waals surface area (Å²) in [5, 5.41) is 50.3. The van der Waals surface area contributed by atoms with Crippen molar-refractivity contribution in [2.24, 2.45) is 0 Å². The number of phosphoric ester groups is 1. The van der Waals surface area contributed by atoms with Crippen molar-refractivity contribution in [1.29, 1.82) is 0 Å². The lowest BCUT2D eigenvalue weighted by molar-refractivity contribution is -0.220. The van der Waals surface area contributed by atoms with Gasteiger partial charge in [-0.3, -0.25) is 13.8 Å². The van der Waals surface area contributed by atoms with E-state index in [1.165, 1.54) is 25.7 Å². The van der Waals surface area contributed by atoms with Crippen molar-refractivity contribution in [3.8, 4) is 0 Å². The molecule has 1 fully saturated rings. The highest BCUT2D eigenvalue weighted by molar-refractivity contribution is 7.47. The Kier molecular flexibility index (Phi) is 39.3. The first-order chi connectivity index (χ1) is 32.0. The molecule has 1 aliphatic rings. The second-order valence-corrected chi connectivity index (χ2v) is 18.3. The minimum absolute atomic E-state index is 0.0964. The minimum atomic E-state index is -5.04. The summed E-state index contributed by atoms with van der Waals surface area (Å²) in [6, 6.07) is 0. The van der Waals surface area contributed by atoms with Crippen LogP contribution in [0.1, 0.15) is 168 Å². The molecule has 6 unspecified atom stereocenters. The number of allylic oxidation sites excluding steroid dienone is 16. The van der Waals surface area contributed by atoms with E-state index in [-0.39, 0.29) is 13.0 Å². The van der Waals surface area contributed by atoms with Crippen molar-refractivity contribution >= 4 is 13.8 Å². The summed E-state index contributed by atoms with van der Waals surface area (Å²) in [5.41, 5.74) is 0. The van der Waals surface area contributed by atoms with Crippen LogP contribution in [0.3, 0.4) is 0 Å². The van der Waals surface area contributed by atoms with E-state index in [2.05, 4.69) is 111 Å². The highest BCUT2D eigenvalue weighted by Crippen LogP contribution is 2.47. The molecule has 0 spiro atoms. The predicted octanol–water partition coefficient (Wildman–Crippen LogP) is 11.1. The number of hydrogen-bond acceptors (Lipinski definition) is 11. The van der Waals surface area contributed by atoms with Gasteiger partial charge in [-0.05, 0) is 89.9 Å². The fourth-order valence-corrected chi connectivity index (χ4v) is 8.02. The first kappa shape index (κ1) is 61.3. The Labute approximate surface area is 398 Å². The molecule has 0 aromatic carbocycles. The summed E-state index contributed by atoms with van der Waals surface area (Å²) < 4.78 is 34.3. The first-order valence-corrected chi connectivity index (χ1v) is 26.6. The summed E-state index contributed by atoms with van der Waals surface area (Å²) >= 11 is 0. The normalized spacial score (nSPS) is 22.2. The molecule has 0 amide bonds. The van der Waals surface area contributed by atoms with Crippen LogP contribution in [0, 0.1) is 0 Å². The molecule has 0 heterocycles. The Bertz CT molecular complexity index is 1450. The fourth-order valence-electron chi connectivity index (χ4n) is 7.04. The van der Waals surface area contributed by atoms with E-state index in [1.54, 1.807) is 0 Å². The van der Waals surface area contributed by atoms with Gasteiger partial charge >= 0.3 is 13.8 Å². The molecule has 6 atom stereocenters. The van der Waals surface area contributed by atoms with Crippen LogP contribution in [-0.4, -0.2) is 98.9 Å². The Morgan fingerprint density at radius 2 is 0.848 bits per heavy atom. The molecule has 13 heteroatoms. The van der Waals surface area contributed by atoms with E-state index in [0.717, 1.165) is 116 Å². The van der Waals surface area contributed by atoms with Crippen molar-refractivity contribution in [2.45, 2.75) is 211 Å².